The fraction of sp³-hybridized carbons (Fsp3) is 0.824. The van der Waals surface area contributed by atoms with Crippen LogP contribution in [-0.4, -0.2) is 35.1 Å². The third-order valence-electron chi connectivity index (χ3n) is 4.73. The minimum absolute atomic E-state index is 0.182. The molecule has 1 atom stereocenters. The van der Waals surface area contributed by atoms with E-state index in [2.05, 4.69) is 36.1 Å². The number of hydrogen-bond acceptors (Lipinski definition) is 3. The standard InChI is InChI=1S/C17H31N3O/c1-5-21-17(2,3)16(18-4)13-14-11-12-20(19-14)15-9-7-6-8-10-15/h11-12,15-16,18H,5-10,13H2,1-4H3. The molecule has 1 aliphatic carbocycles. The molecule has 1 saturated carbocycles. The van der Waals surface area contributed by atoms with E-state index >= 15 is 0 Å². The van der Waals surface area contributed by atoms with Crippen LogP contribution in [0.5, 0.6) is 0 Å². The number of nitrogens with one attached hydrogen (secondary N) is 1. The highest BCUT2D eigenvalue weighted by molar-refractivity contribution is 5.05. The lowest BCUT2D eigenvalue weighted by Gasteiger charge is -2.33. The van der Waals surface area contributed by atoms with Crippen LogP contribution in [0.2, 0.25) is 0 Å². The number of aromatic nitrogens is 2. The van der Waals surface area contributed by atoms with Crippen molar-refractivity contribution in [1.29, 1.82) is 0 Å². The van der Waals surface area contributed by atoms with Crippen molar-refractivity contribution in [3.05, 3.63) is 18.0 Å². The summed E-state index contributed by atoms with van der Waals surface area (Å²) in [5.41, 5.74) is 0.977. The van der Waals surface area contributed by atoms with E-state index < -0.39 is 0 Å². The molecule has 120 valence electrons. The van der Waals surface area contributed by atoms with Crippen molar-refractivity contribution in [3.63, 3.8) is 0 Å². The van der Waals surface area contributed by atoms with Gasteiger partial charge >= 0.3 is 0 Å². The molecule has 1 aromatic heterocycles. The van der Waals surface area contributed by atoms with Gasteiger partial charge < -0.3 is 10.1 Å². The minimum Gasteiger partial charge on any atom is -0.374 e. The molecular formula is C17H31N3O. The first-order valence-electron chi connectivity index (χ1n) is 8.42. The largest absolute Gasteiger partial charge is 0.374 e. The zero-order chi connectivity index (χ0) is 15.3. The monoisotopic (exact) mass is 293 g/mol. The van der Waals surface area contributed by atoms with Gasteiger partial charge in [0.2, 0.25) is 0 Å². The molecule has 4 heteroatoms. The van der Waals surface area contributed by atoms with Gasteiger partial charge in [-0.2, -0.15) is 5.10 Å². The second-order valence-corrected chi connectivity index (χ2v) is 6.66. The summed E-state index contributed by atoms with van der Waals surface area (Å²) in [4.78, 5) is 0. The van der Waals surface area contributed by atoms with Gasteiger partial charge in [-0.1, -0.05) is 19.3 Å². The van der Waals surface area contributed by atoms with Crippen molar-refractivity contribution in [2.75, 3.05) is 13.7 Å². The summed E-state index contributed by atoms with van der Waals surface area (Å²) in [7, 11) is 2.00. The van der Waals surface area contributed by atoms with E-state index in [1.165, 1.54) is 32.1 Å². The lowest BCUT2D eigenvalue weighted by molar-refractivity contribution is -0.0365. The Morgan fingerprint density at radius 1 is 1.38 bits per heavy atom. The van der Waals surface area contributed by atoms with Gasteiger partial charge in [0.1, 0.15) is 0 Å². The van der Waals surface area contributed by atoms with E-state index in [0.717, 1.165) is 18.7 Å². The maximum Gasteiger partial charge on any atom is 0.0782 e. The molecule has 1 fully saturated rings. The van der Waals surface area contributed by atoms with Crippen LogP contribution in [0.25, 0.3) is 0 Å². The Morgan fingerprint density at radius 3 is 2.71 bits per heavy atom. The van der Waals surface area contributed by atoms with Crippen molar-refractivity contribution in [3.8, 4) is 0 Å². The lowest BCUT2D eigenvalue weighted by atomic mass is 9.94. The fourth-order valence-corrected chi connectivity index (χ4v) is 3.41. The minimum atomic E-state index is -0.182. The molecule has 0 spiro atoms. The maximum absolute atomic E-state index is 5.88. The van der Waals surface area contributed by atoms with Crippen molar-refractivity contribution in [2.24, 2.45) is 0 Å². The van der Waals surface area contributed by atoms with Crippen LogP contribution < -0.4 is 5.32 Å². The molecule has 21 heavy (non-hydrogen) atoms. The zero-order valence-electron chi connectivity index (χ0n) is 14.1. The summed E-state index contributed by atoms with van der Waals surface area (Å²) in [6, 6.07) is 3.05. The second kappa shape index (κ2) is 7.41. The van der Waals surface area contributed by atoms with Crippen molar-refractivity contribution in [2.45, 2.75) is 77.0 Å². The van der Waals surface area contributed by atoms with E-state index in [-0.39, 0.29) is 11.6 Å². The summed E-state index contributed by atoms with van der Waals surface area (Å²) in [6.45, 7) is 7.08. The van der Waals surface area contributed by atoms with E-state index in [1.54, 1.807) is 0 Å². The van der Waals surface area contributed by atoms with Crippen LogP contribution in [-0.2, 0) is 11.2 Å². The van der Waals surface area contributed by atoms with Gasteiger partial charge in [0.05, 0.1) is 17.3 Å². The van der Waals surface area contributed by atoms with Gasteiger partial charge in [0.25, 0.3) is 0 Å². The predicted octanol–water partition coefficient (Wildman–Crippen LogP) is 3.33. The number of likely N-dealkylation sites (N-methyl/N-ethyl adjacent to an activating group) is 1. The van der Waals surface area contributed by atoms with E-state index in [4.69, 9.17) is 9.84 Å². The molecule has 0 saturated heterocycles. The first kappa shape index (κ1) is 16.5. The van der Waals surface area contributed by atoms with Gasteiger partial charge in [0, 0.05) is 25.3 Å². The number of nitrogens with zero attached hydrogens (tertiary/aromatic N) is 2. The first-order valence-corrected chi connectivity index (χ1v) is 8.42. The van der Waals surface area contributed by atoms with Crippen molar-refractivity contribution >= 4 is 0 Å². The molecule has 1 aliphatic rings. The molecule has 1 heterocycles. The highest BCUT2D eigenvalue weighted by Crippen LogP contribution is 2.27. The predicted molar refractivity (Wildman–Crippen MR) is 86.6 cm³/mol. The third kappa shape index (κ3) is 4.30. The summed E-state index contributed by atoms with van der Waals surface area (Å²) >= 11 is 0. The van der Waals surface area contributed by atoms with E-state index in [0.29, 0.717) is 6.04 Å². The SMILES string of the molecule is CCOC(C)(C)C(Cc1ccn(C2CCCCC2)n1)NC. The topological polar surface area (TPSA) is 39.1 Å². The van der Waals surface area contributed by atoms with Gasteiger partial charge in [0.15, 0.2) is 0 Å². The number of ether oxygens (including phenoxy) is 1. The van der Waals surface area contributed by atoms with E-state index in [1.807, 2.05) is 14.0 Å². The molecule has 1 N–H and O–H groups in total. The molecule has 1 unspecified atom stereocenters. The molecule has 4 nitrogen and oxygen atoms in total. The zero-order valence-corrected chi connectivity index (χ0v) is 14.1. The first-order chi connectivity index (χ1) is 10.1. The van der Waals surface area contributed by atoms with Crippen LogP contribution in [0.1, 0.15) is 64.6 Å². The summed E-state index contributed by atoms with van der Waals surface area (Å²) in [5.74, 6) is 0. The van der Waals surface area contributed by atoms with Crippen LogP contribution in [0.4, 0.5) is 0 Å². The molecule has 0 aromatic carbocycles. The van der Waals surface area contributed by atoms with Gasteiger partial charge in [-0.25, -0.2) is 0 Å². The Hall–Kier alpha value is -0.870. The molecule has 0 aliphatic heterocycles. The highest BCUT2D eigenvalue weighted by Gasteiger charge is 2.29. The summed E-state index contributed by atoms with van der Waals surface area (Å²) < 4.78 is 8.07. The van der Waals surface area contributed by atoms with Crippen LogP contribution in [0.3, 0.4) is 0 Å². The normalized spacial score (nSPS) is 18.9. The Kier molecular flexibility index (Phi) is 5.82. The molecule has 0 amide bonds. The third-order valence-corrected chi connectivity index (χ3v) is 4.73. The van der Waals surface area contributed by atoms with Crippen LogP contribution >= 0.6 is 0 Å². The van der Waals surface area contributed by atoms with Gasteiger partial charge in [-0.15, -0.1) is 0 Å². The van der Waals surface area contributed by atoms with Crippen LogP contribution in [0, 0.1) is 0 Å². The van der Waals surface area contributed by atoms with Gasteiger partial charge in [-0.3, -0.25) is 4.68 Å². The number of hydrogen-bond donors (Lipinski definition) is 1. The molecule has 0 radical (unpaired) electrons. The Labute approximate surface area is 129 Å². The Balaban J connectivity index is 2.00. The Bertz CT molecular complexity index is 421. The Morgan fingerprint density at radius 2 is 2.10 bits per heavy atom. The van der Waals surface area contributed by atoms with Crippen molar-refractivity contribution in [1.82, 2.24) is 15.1 Å². The van der Waals surface area contributed by atoms with Crippen molar-refractivity contribution < 1.29 is 4.74 Å². The average Bonchev–Trinajstić information content (AvgIpc) is 2.94. The smallest absolute Gasteiger partial charge is 0.0782 e. The lowest BCUT2D eigenvalue weighted by Crippen LogP contribution is -2.48. The average molecular weight is 293 g/mol. The molecule has 0 bridgehead atoms. The molecular weight excluding hydrogens is 262 g/mol. The summed E-state index contributed by atoms with van der Waals surface area (Å²) in [6.07, 6.45) is 9.69. The fourth-order valence-electron chi connectivity index (χ4n) is 3.41. The second-order valence-electron chi connectivity index (χ2n) is 6.66. The van der Waals surface area contributed by atoms with E-state index in [9.17, 15) is 0 Å². The number of rotatable bonds is 7. The quantitative estimate of drug-likeness (QED) is 0.838. The molecule has 1 aromatic rings. The summed E-state index contributed by atoms with van der Waals surface area (Å²) in [5, 5.41) is 8.21. The maximum atomic E-state index is 5.88. The van der Waals surface area contributed by atoms with Crippen LogP contribution in [0.15, 0.2) is 12.3 Å². The van der Waals surface area contributed by atoms with Gasteiger partial charge in [-0.05, 0) is 46.7 Å². The molecule has 2 rings (SSSR count). The highest BCUT2D eigenvalue weighted by atomic mass is 16.5.